The fourth-order valence-electron chi connectivity index (χ4n) is 4.40. The third-order valence-electron chi connectivity index (χ3n) is 6.71. The number of amides is 1. The van der Waals surface area contributed by atoms with Crippen LogP contribution < -0.4 is 14.2 Å². The van der Waals surface area contributed by atoms with Crippen molar-refractivity contribution in [2.75, 3.05) is 13.2 Å². The van der Waals surface area contributed by atoms with Crippen LogP contribution in [0, 0.1) is 6.92 Å². The average Bonchev–Trinajstić information content (AvgIpc) is 3.40. The number of hydrogen-bond acceptors (Lipinski definition) is 6. The molecule has 214 valence electrons. The van der Waals surface area contributed by atoms with Crippen LogP contribution in [0.4, 0.5) is 4.79 Å². The van der Waals surface area contributed by atoms with Gasteiger partial charge in [-0.3, -0.25) is 0 Å². The van der Waals surface area contributed by atoms with Crippen LogP contribution in [0.2, 0.25) is 0 Å². The highest BCUT2D eigenvalue weighted by Crippen LogP contribution is 2.23. The monoisotopic (exact) mass is 562 g/mol. The minimum Gasteiger partial charge on any atom is -0.493 e. The average molecular weight is 563 g/mol. The molecule has 1 amide bonds. The van der Waals surface area contributed by atoms with Crippen LogP contribution in [0.5, 0.6) is 17.2 Å². The molecule has 42 heavy (non-hydrogen) atoms. The van der Waals surface area contributed by atoms with Crippen LogP contribution in [0.3, 0.4) is 0 Å². The summed E-state index contributed by atoms with van der Waals surface area (Å²) in [6.07, 6.45) is 0.202. The number of oxazole rings is 1. The molecule has 0 atom stereocenters. The van der Waals surface area contributed by atoms with Gasteiger partial charge in [-0.2, -0.15) is 0 Å². The Hall–Kier alpha value is -5.04. The number of aromatic nitrogens is 1. The third-order valence-corrected chi connectivity index (χ3v) is 6.71. The van der Waals surface area contributed by atoms with E-state index in [1.807, 2.05) is 98.8 Å². The second-order valence-corrected chi connectivity index (χ2v) is 9.76. The molecule has 4 aromatic carbocycles. The van der Waals surface area contributed by atoms with Crippen molar-refractivity contribution in [3.05, 3.63) is 132 Å². The van der Waals surface area contributed by atoms with Gasteiger partial charge in [0.2, 0.25) is 5.89 Å². The van der Waals surface area contributed by atoms with Crippen molar-refractivity contribution in [2.24, 2.45) is 0 Å². The summed E-state index contributed by atoms with van der Waals surface area (Å²) >= 11 is 0. The first-order valence-corrected chi connectivity index (χ1v) is 14.0. The molecule has 1 heterocycles. The maximum atomic E-state index is 12.9. The van der Waals surface area contributed by atoms with Crippen molar-refractivity contribution in [3.8, 4) is 28.7 Å². The van der Waals surface area contributed by atoms with E-state index in [4.69, 9.17) is 18.6 Å². The number of aryl methyl sites for hydroxylation is 1. The highest BCUT2D eigenvalue weighted by Gasteiger charge is 2.16. The lowest BCUT2D eigenvalue weighted by molar-refractivity contribution is 0.152. The summed E-state index contributed by atoms with van der Waals surface area (Å²) < 4.78 is 23.3. The predicted molar refractivity (Wildman–Crippen MR) is 162 cm³/mol. The van der Waals surface area contributed by atoms with Gasteiger partial charge in [-0.1, -0.05) is 60.7 Å². The molecule has 7 nitrogen and oxygen atoms in total. The topological polar surface area (TPSA) is 74.0 Å². The SMILES string of the molecule is CCN(Cc1cccc(OCCc2nc(-c3ccccc3)oc2C)c1)C(=O)Oc1ccc(OCc2ccccc2)cc1. The Labute approximate surface area is 246 Å². The number of benzene rings is 4. The Morgan fingerprint density at radius 1 is 0.786 bits per heavy atom. The van der Waals surface area contributed by atoms with Gasteiger partial charge in [-0.25, -0.2) is 9.78 Å². The van der Waals surface area contributed by atoms with Gasteiger partial charge in [0.15, 0.2) is 0 Å². The smallest absolute Gasteiger partial charge is 0.415 e. The molecule has 0 bridgehead atoms. The number of nitrogens with zero attached hydrogens (tertiary/aromatic N) is 2. The zero-order chi connectivity index (χ0) is 29.1. The van der Waals surface area contributed by atoms with E-state index in [0.29, 0.717) is 50.1 Å². The summed E-state index contributed by atoms with van der Waals surface area (Å²) in [5.74, 6) is 3.30. The zero-order valence-electron chi connectivity index (χ0n) is 23.9. The van der Waals surface area contributed by atoms with Crippen LogP contribution >= 0.6 is 0 Å². The van der Waals surface area contributed by atoms with Gasteiger partial charge in [0, 0.05) is 25.1 Å². The van der Waals surface area contributed by atoms with Gasteiger partial charge in [0.05, 0.1) is 12.3 Å². The van der Waals surface area contributed by atoms with Crippen LogP contribution in [0.1, 0.15) is 29.5 Å². The number of ether oxygens (including phenoxy) is 3. The molecular weight excluding hydrogens is 528 g/mol. The standard InChI is InChI=1S/C35H34N2O5/c1-3-37(35(38)42-31-19-17-30(18-20-31)40-25-27-11-6-4-7-12-27)24-28-13-10-16-32(23-28)39-22-21-33-26(2)41-34(36-33)29-14-8-5-9-15-29/h4-20,23H,3,21-22,24-25H2,1-2H3. The quantitative estimate of drug-likeness (QED) is 0.154. The second-order valence-electron chi connectivity index (χ2n) is 9.76. The van der Waals surface area contributed by atoms with Crippen molar-refractivity contribution >= 4 is 6.09 Å². The van der Waals surface area contributed by atoms with Crippen molar-refractivity contribution in [1.29, 1.82) is 0 Å². The van der Waals surface area contributed by atoms with Crippen LogP contribution in [0.15, 0.2) is 114 Å². The molecule has 0 aliphatic heterocycles. The first kappa shape index (κ1) is 28.5. The molecular formula is C35H34N2O5. The fraction of sp³-hybridized carbons (Fsp3) is 0.200. The predicted octanol–water partition coefficient (Wildman–Crippen LogP) is 7.87. The maximum absolute atomic E-state index is 12.9. The second kappa shape index (κ2) is 14.0. The minimum absolute atomic E-state index is 0.396. The van der Waals surface area contributed by atoms with E-state index in [9.17, 15) is 4.79 Å². The first-order chi connectivity index (χ1) is 20.6. The van der Waals surface area contributed by atoms with Crippen molar-refractivity contribution in [2.45, 2.75) is 33.4 Å². The van der Waals surface area contributed by atoms with Crippen LogP contribution in [0.25, 0.3) is 11.5 Å². The van der Waals surface area contributed by atoms with E-state index in [1.165, 1.54) is 0 Å². The summed E-state index contributed by atoms with van der Waals surface area (Å²) in [7, 11) is 0. The zero-order valence-corrected chi connectivity index (χ0v) is 23.9. The molecule has 0 radical (unpaired) electrons. The van der Waals surface area contributed by atoms with Gasteiger partial charge in [-0.15, -0.1) is 0 Å². The third kappa shape index (κ3) is 7.79. The highest BCUT2D eigenvalue weighted by molar-refractivity contribution is 5.70. The number of hydrogen-bond donors (Lipinski definition) is 0. The van der Waals surface area contributed by atoms with Gasteiger partial charge >= 0.3 is 6.09 Å². The van der Waals surface area contributed by atoms with Crippen molar-refractivity contribution in [1.82, 2.24) is 9.88 Å². The van der Waals surface area contributed by atoms with Crippen LogP contribution in [-0.4, -0.2) is 29.1 Å². The Morgan fingerprint density at radius 2 is 1.48 bits per heavy atom. The molecule has 5 aromatic rings. The molecule has 0 aliphatic rings. The highest BCUT2D eigenvalue weighted by atomic mass is 16.6. The normalized spacial score (nSPS) is 10.7. The van der Waals surface area contributed by atoms with Gasteiger partial charge in [0.25, 0.3) is 0 Å². The van der Waals surface area contributed by atoms with E-state index < -0.39 is 6.09 Å². The van der Waals surface area contributed by atoms with Crippen molar-refractivity contribution < 1.29 is 23.4 Å². The fourth-order valence-corrected chi connectivity index (χ4v) is 4.40. The molecule has 0 spiro atoms. The Morgan fingerprint density at radius 3 is 2.21 bits per heavy atom. The van der Waals surface area contributed by atoms with E-state index in [0.717, 1.165) is 33.9 Å². The molecule has 7 heteroatoms. The van der Waals surface area contributed by atoms with Crippen LogP contribution in [-0.2, 0) is 19.6 Å². The molecule has 0 aliphatic carbocycles. The largest absolute Gasteiger partial charge is 0.493 e. The number of rotatable bonds is 12. The Balaban J connectivity index is 1.11. The molecule has 0 saturated carbocycles. The maximum Gasteiger partial charge on any atom is 0.415 e. The van der Waals surface area contributed by atoms with Crippen molar-refractivity contribution in [3.63, 3.8) is 0 Å². The molecule has 1 aromatic heterocycles. The summed E-state index contributed by atoms with van der Waals surface area (Å²) in [5.41, 5.74) is 3.86. The number of carbonyl (C=O) groups is 1. The first-order valence-electron chi connectivity index (χ1n) is 14.0. The Kier molecular flexibility index (Phi) is 9.52. The van der Waals surface area contributed by atoms with E-state index in [1.54, 1.807) is 29.2 Å². The van der Waals surface area contributed by atoms with Gasteiger partial charge < -0.3 is 23.5 Å². The van der Waals surface area contributed by atoms with E-state index in [2.05, 4.69) is 4.98 Å². The molecule has 0 fully saturated rings. The lowest BCUT2D eigenvalue weighted by Crippen LogP contribution is -2.32. The molecule has 0 saturated heterocycles. The number of carbonyl (C=O) groups excluding carboxylic acids is 1. The summed E-state index contributed by atoms with van der Waals surface area (Å²) in [5, 5.41) is 0. The Bertz CT molecular complexity index is 1570. The minimum atomic E-state index is -0.419. The van der Waals surface area contributed by atoms with Gasteiger partial charge in [-0.05, 0) is 73.5 Å². The molecule has 5 rings (SSSR count). The van der Waals surface area contributed by atoms with Gasteiger partial charge in [0.1, 0.15) is 29.6 Å². The lowest BCUT2D eigenvalue weighted by atomic mass is 10.2. The summed E-state index contributed by atoms with van der Waals surface area (Å²) in [4.78, 5) is 19.2. The van der Waals surface area contributed by atoms with E-state index >= 15 is 0 Å². The summed E-state index contributed by atoms with van der Waals surface area (Å²) in [6.45, 7) is 5.66. The van der Waals surface area contributed by atoms with E-state index in [-0.39, 0.29) is 0 Å². The summed E-state index contributed by atoms with van der Waals surface area (Å²) in [6, 6.07) is 34.6. The molecule has 0 N–H and O–H groups in total. The lowest BCUT2D eigenvalue weighted by Gasteiger charge is -2.20. The molecule has 0 unspecified atom stereocenters.